The Balaban J connectivity index is 1.85. The van der Waals surface area contributed by atoms with Gasteiger partial charge in [0.2, 0.25) is 5.76 Å². The number of esters is 1. The van der Waals surface area contributed by atoms with Crippen LogP contribution in [0.4, 0.5) is 4.79 Å². The number of benzene rings is 1. The molecule has 2 N–H and O–H groups in total. The molecule has 0 aliphatic carbocycles. The van der Waals surface area contributed by atoms with E-state index in [-0.39, 0.29) is 12.3 Å². The zero-order valence-electron chi connectivity index (χ0n) is 11.6. The van der Waals surface area contributed by atoms with Gasteiger partial charge in [0.25, 0.3) is 5.91 Å². The maximum atomic E-state index is 11.8. The van der Waals surface area contributed by atoms with Gasteiger partial charge in [0.05, 0.1) is 0 Å². The average molecular weight is 302 g/mol. The first kappa shape index (κ1) is 15.3. The lowest BCUT2D eigenvalue weighted by Gasteiger charge is -2.05. The number of urea groups is 1. The minimum Gasteiger partial charge on any atom is -0.450 e. The number of hydrogen-bond acceptors (Lipinski definition) is 5. The number of rotatable bonds is 5. The molecule has 0 bridgehead atoms. The highest BCUT2D eigenvalue weighted by Gasteiger charge is 2.16. The molecule has 2 rings (SSSR count). The van der Waals surface area contributed by atoms with E-state index in [2.05, 4.69) is 11.9 Å². The predicted octanol–water partition coefficient (Wildman–Crippen LogP) is 1.60. The summed E-state index contributed by atoms with van der Waals surface area (Å²) in [6.07, 6.45) is 1.46. The fourth-order valence-corrected chi connectivity index (χ4v) is 1.66. The molecular formula is C15H14N2O5. The van der Waals surface area contributed by atoms with Gasteiger partial charge in [0.1, 0.15) is 5.58 Å². The quantitative estimate of drug-likeness (QED) is 0.646. The highest BCUT2D eigenvalue weighted by Crippen LogP contribution is 2.19. The molecule has 0 aliphatic heterocycles. The number of fused-ring (bicyclic) bond motifs is 1. The smallest absolute Gasteiger partial charge is 0.374 e. The molecular weight excluding hydrogens is 288 g/mol. The standard InChI is InChI=1S/C15H14N2O5/c1-2-7-16-15(20)17-13(18)9-21-14(19)12-8-10-5-3-4-6-11(10)22-12/h2-6,8H,1,7,9H2,(H2,16,17,18,20). The summed E-state index contributed by atoms with van der Waals surface area (Å²) < 4.78 is 10.1. The van der Waals surface area contributed by atoms with Gasteiger partial charge in [0.15, 0.2) is 6.61 Å². The lowest BCUT2D eigenvalue weighted by Crippen LogP contribution is -2.41. The van der Waals surface area contributed by atoms with E-state index >= 15 is 0 Å². The first-order valence-electron chi connectivity index (χ1n) is 6.44. The normalized spacial score (nSPS) is 10.0. The van der Waals surface area contributed by atoms with Crippen molar-refractivity contribution in [3.05, 3.63) is 48.7 Å². The van der Waals surface area contributed by atoms with E-state index in [0.29, 0.717) is 5.58 Å². The van der Waals surface area contributed by atoms with Crippen molar-refractivity contribution in [3.8, 4) is 0 Å². The van der Waals surface area contributed by atoms with E-state index in [0.717, 1.165) is 5.39 Å². The minimum atomic E-state index is -0.780. The molecule has 2 aromatic rings. The fraction of sp³-hybridized carbons (Fsp3) is 0.133. The van der Waals surface area contributed by atoms with Crippen molar-refractivity contribution in [1.29, 1.82) is 0 Å². The molecule has 0 fully saturated rings. The first-order valence-corrected chi connectivity index (χ1v) is 6.44. The van der Waals surface area contributed by atoms with Crippen LogP contribution in [-0.4, -0.2) is 31.1 Å². The molecule has 0 atom stereocenters. The van der Waals surface area contributed by atoms with Crippen LogP contribution in [0, 0.1) is 0 Å². The molecule has 0 saturated heterocycles. The van der Waals surface area contributed by atoms with E-state index in [1.54, 1.807) is 18.2 Å². The Kier molecular flexibility index (Phi) is 4.92. The Hall–Kier alpha value is -3.09. The highest BCUT2D eigenvalue weighted by atomic mass is 16.5. The maximum absolute atomic E-state index is 11.8. The molecule has 22 heavy (non-hydrogen) atoms. The summed E-state index contributed by atoms with van der Waals surface area (Å²) in [7, 11) is 0. The molecule has 7 heteroatoms. The molecule has 0 spiro atoms. The van der Waals surface area contributed by atoms with E-state index in [9.17, 15) is 14.4 Å². The van der Waals surface area contributed by atoms with Gasteiger partial charge >= 0.3 is 12.0 Å². The lowest BCUT2D eigenvalue weighted by atomic mass is 10.2. The summed E-state index contributed by atoms with van der Waals surface area (Å²) in [5, 5.41) is 5.11. The van der Waals surface area contributed by atoms with Crippen molar-refractivity contribution in [2.45, 2.75) is 0 Å². The van der Waals surface area contributed by atoms with Crippen LogP contribution in [0.1, 0.15) is 10.6 Å². The zero-order valence-corrected chi connectivity index (χ0v) is 11.6. The third kappa shape index (κ3) is 3.95. The monoisotopic (exact) mass is 302 g/mol. The predicted molar refractivity (Wildman–Crippen MR) is 78.2 cm³/mol. The maximum Gasteiger partial charge on any atom is 0.374 e. The van der Waals surface area contributed by atoms with Crippen LogP contribution in [0.2, 0.25) is 0 Å². The third-order valence-corrected chi connectivity index (χ3v) is 2.62. The molecule has 1 heterocycles. The number of furan rings is 1. The number of amides is 3. The van der Waals surface area contributed by atoms with Crippen molar-refractivity contribution in [3.63, 3.8) is 0 Å². The molecule has 1 aromatic heterocycles. The van der Waals surface area contributed by atoms with Gasteiger partial charge < -0.3 is 14.5 Å². The van der Waals surface area contributed by atoms with Crippen molar-refractivity contribution < 1.29 is 23.5 Å². The second kappa shape index (κ2) is 7.07. The van der Waals surface area contributed by atoms with Gasteiger partial charge in [-0.1, -0.05) is 24.3 Å². The second-order valence-corrected chi connectivity index (χ2v) is 4.27. The number of carbonyl (C=O) groups excluding carboxylic acids is 3. The van der Waals surface area contributed by atoms with E-state index in [4.69, 9.17) is 9.15 Å². The van der Waals surface area contributed by atoms with Crippen LogP contribution in [0.3, 0.4) is 0 Å². The number of carbonyl (C=O) groups is 3. The second-order valence-electron chi connectivity index (χ2n) is 4.27. The van der Waals surface area contributed by atoms with Crippen molar-refractivity contribution in [2.75, 3.05) is 13.2 Å². The molecule has 3 amide bonds. The van der Waals surface area contributed by atoms with Crippen molar-refractivity contribution in [2.24, 2.45) is 0 Å². The van der Waals surface area contributed by atoms with Crippen LogP contribution in [0.15, 0.2) is 47.4 Å². The van der Waals surface area contributed by atoms with Crippen molar-refractivity contribution >= 4 is 28.9 Å². The number of para-hydroxylation sites is 1. The summed E-state index contributed by atoms with van der Waals surface area (Å²) >= 11 is 0. The van der Waals surface area contributed by atoms with Gasteiger partial charge in [-0.05, 0) is 12.1 Å². The Morgan fingerprint density at radius 1 is 1.27 bits per heavy atom. The molecule has 0 saturated carbocycles. The zero-order chi connectivity index (χ0) is 15.9. The van der Waals surface area contributed by atoms with Crippen LogP contribution >= 0.6 is 0 Å². The number of hydrogen-bond donors (Lipinski definition) is 2. The highest BCUT2D eigenvalue weighted by molar-refractivity contribution is 5.97. The number of imide groups is 1. The first-order chi connectivity index (χ1) is 10.6. The van der Waals surface area contributed by atoms with Crippen LogP contribution in [0.5, 0.6) is 0 Å². The van der Waals surface area contributed by atoms with E-state index < -0.39 is 24.5 Å². The Morgan fingerprint density at radius 3 is 2.77 bits per heavy atom. The topological polar surface area (TPSA) is 97.6 Å². The Bertz CT molecular complexity index is 687. The van der Waals surface area contributed by atoms with Gasteiger partial charge in [-0.3, -0.25) is 10.1 Å². The lowest BCUT2D eigenvalue weighted by molar-refractivity contribution is -0.123. The summed E-state index contributed by atoms with van der Waals surface area (Å²) in [6.45, 7) is 3.05. The minimum absolute atomic E-state index is 0.00916. The Labute approximate surface area is 125 Å². The summed E-state index contributed by atoms with van der Waals surface area (Å²) in [5.74, 6) is -1.53. The SMILES string of the molecule is C=CCNC(=O)NC(=O)COC(=O)c1cc2ccccc2o1. The fourth-order valence-electron chi connectivity index (χ4n) is 1.66. The van der Waals surface area contributed by atoms with E-state index in [1.807, 2.05) is 11.4 Å². The van der Waals surface area contributed by atoms with Gasteiger partial charge in [0, 0.05) is 11.9 Å². The van der Waals surface area contributed by atoms with Gasteiger partial charge in [-0.15, -0.1) is 6.58 Å². The summed E-state index contributed by atoms with van der Waals surface area (Å²) in [5.41, 5.74) is 0.544. The van der Waals surface area contributed by atoms with Crippen LogP contribution < -0.4 is 10.6 Å². The molecule has 114 valence electrons. The molecule has 0 unspecified atom stereocenters. The largest absolute Gasteiger partial charge is 0.450 e. The number of nitrogens with one attached hydrogen (secondary N) is 2. The number of ether oxygens (including phenoxy) is 1. The van der Waals surface area contributed by atoms with Crippen LogP contribution in [-0.2, 0) is 9.53 Å². The molecule has 7 nitrogen and oxygen atoms in total. The average Bonchev–Trinajstić information content (AvgIpc) is 2.94. The Morgan fingerprint density at radius 2 is 2.05 bits per heavy atom. The molecule has 0 radical (unpaired) electrons. The van der Waals surface area contributed by atoms with E-state index in [1.165, 1.54) is 12.1 Å². The summed E-state index contributed by atoms with van der Waals surface area (Å²) in [6, 6.07) is 7.91. The van der Waals surface area contributed by atoms with Crippen LogP contribution in [0.25, 0.3) is 11.0 Å². The molecule has 1 aromatic carbocycles. The summed E-state index contributed by atoms with van der Waals surface area (Å²) in [4.78, 5) is 34.4. The van der Waals surface area contributed by atoms with Gasteiger partial charge in [-0.25, -0.2) is 9.59 Å². The van der Waals surface area contributed by atoms with Gasteiger partial charge in [-0.2, -0.15) is 0 Å². The third-order valence-electron chi connectivity index (χ3n) is 2.62. The van der Waals surface area contributed by atoms with Crippen molar-refractivity contribution in [1.82, 2.24) is 10.6 Å². The molecule has 0 aliphatic rings.